The fourth-order valence-electron chi connectivity index (χ4n) is 4.68. The molecular formula is C26H44N2O4. The monoisotopic (exact) mass is 448 g/mol. The quantitative estimate of drug-likeness (QED) is 0.325. The van der Waals surface area contributed by atoms with Gasteiger partial charge in [0.1, 0.15) is 0 Å². The SMILES string of the molecule is C=CCN(CC=C)[C@H]1[C@H](OC(CC)CC)C=C(C(=O)OCC)C[C@@H]1N(C(C)=O)C(C)(C)C. The predicted molar refractivity (Wildman–Crippen MR) is 130 cm³/mol. The Kier molecular flexibility index (Phi) is 11.4. The number of carbonyl (C=O) groups excluding carboxylic acids is 2. The number of hydrogen-bond donors (Lipinski definition) is 0. The van der Waals surface area contributed by atoms with Crippen LogP contribution in [0, 0.1) is 0 Å². The van der Waals surface area contributed by atoms with Crippen LogP contribution in [0.3, 0.4) is 0 Å². The zero-order valence-electron chi connectivity index (χ0n) is 21.2. The van der Waals surface area contributed by atoms with Crippen molar-refractivity contribution >= 4 is 11.9 Å². The fraction of sp³-hybridized carbons (Fsp3) is 0.692. The third-order valence-electron chi connectivity index (χ3n) is 5.87. The van der Waals surface area contributed by atoms with Crippen LogP contribution in [0.15, 0.2) is 37.0 Å². The number of nitrogens with zero attached hydrogens (tertiary/aromatic N) is 2. The Labute approximate surface area is 195 Å². The lowest BCUT2D eigenvalue weighted by Gasteiger charge is -2.51. The summed E-state index contributed by atoms with van der Waals surface area (Å²) in [5.41, 5.74) is 0.135. The second-order valence-corrected chi connectivity index (χ2v) is 9.30. The Morgan fingerprint density at radius 2 is 1.72 bits per heavy atom. The van der Waals surface area contributed by atoms with Crippen LogP contribution in [-0.4, -0.2) is 71.2 Å². The highest BCUT2D eigenvalue weighted by molar-refractivity contribution is 5.89. The minimum Gasteiger partial charge on any atom is -0.463 e. The third kappa shape index (κ3) is 7.31. The summed E-state index contributed by atoms with van der Waals surface area (Å²) in [5, 5.41) is 0. The Morgan fingerprint density at radius 3 is 2.12 bits per heavy atom. The molecule has 0 aliphatic heterocycles. The van der Waals surface area contributed by atoms with Crippen molar-refractivity contribution in [2.75, 3.05) is 19.7 Å². The van der Waals surface area contributed by atoms with E-state index in [1.807, 2.05) is 43.9 Å². The molecule has 1 aliphatic rings. The smallest absolute Gasteiger partial charge is 0.333 e. The van der Waals surface area contributed by atoms with E-state index in [9.17, 15) is 9.59 Å². The molecule has 3 atom stereocenters. The van der Waals surface area contributed by atoms with Gasteiger partial charge in [-0.1, -0.05) is 26.0 Å². The highest BCUT2D eigenvalue weighted by atomic mass is 16.5. The molecule has 1 rings (SSSR count). The molecule has 1 amide bonds. The van der Waals surface area contributed by atoms with Gasteiger partial charge in [-0.15, -0.1) is 13.2 Å². The molecule has 182 valence electrons. The van der Waals surface area contributed by atoms with E-state index in [0.717, 1.165) is 12.8 Å². The van der Waals surface area contributed by atoms with E-state index < -0.39 is 5.54 Å². The topological polar surface area (TPSA) is 59.1 Å². The van der Waals surface area contributed by atoms with Crippen LogP contribution < -0.4 is 0 Å². The first kappa shape index (κ1) is 28.1. The van der Waals surface area contributed by atoms with Crippen molar-refractivity contribution in [3.63, 3.8) is 0 Å². The maximum atomic E-state index is 12.9. The Bertz CT molecular complexity index is 666. The van der Waals surface area contributed by atoms with Crippen molar-refractivity contribution in [1.29, 1.82) is 0 Å². The van der Waals surface area contributed by atoms with E-state index >= 15 is 0 Å². The molecule has 0 aromatic rings. The van der Waals surface area contributed by atoms with Crippen LogP contribution in [0.2, 0.25) is 0 Å². The van der Waals surface area contributed by atoms with Crippen LogP contribution >= 0.6 is 0 Å². The molecule has 1 aliphatic carbocycles. The first-order chi connectivity index (χ1) is 15.0. The second kappa shape index (κ2) is 12.9. The summed E-state index contributed by atoms with van der Waals surface area (Å²) in [5.74, 6) is -0.374. The van der Waals surface area contributed by atoms with Gasteiger partial charge in [0.15, 0.2) is 0 Å². The second-order valence-electron chi connectivity index (χ2n) is 9.30. The molecule has 0 N–H and O–H groups in total. The van der Waals surface area contributed by atoms with Gasteiger partial charge in [0.25, 0.3) is 0 Å². The van der Waals surface area contributed by atoms with Crippen LogP contribution in [0.4, 0.5) is 0 Å². The minimum absolute atomic E-state index is 0.0314. The van der Waals surface area contributed by atoms with Gasteiger partial charge in [-0.25, -0.2) is 4.79 Å². The first-order valence-corrected chi connectivity index (χ1v) is 11.8. The normalized spacial score (nSPS) is 21.3. The van der Waals surface area contributed by atoms with Crippen LogP contribution in [-0.2, 0) is 19.1 Å². The highest BCUT2D eigenvalue weighted by Crippen LogP contribution is 2.34. The van der Waals surface area contributed by atoms with E-state index in [-0.39, 0.29) is 36.2 Å². The van der Waals surface area contributed by atoms with Gasteiger partial charge in [0, 0.05) is 37.5 Å². The molecule has 0 aromatic heterocycles. The zero-order valence-corrected chi connectivity index (χ0v) is 21.2. The highest BCUT2D eigenvalue weighted by Gasteiger charge is 2.46. The molecule has 0 saturated heterocycles. The van der Waals surface area contributed by atoms with E-state index in [1.54, 1.807) is 13.8 Å². The summed E-state index contributed by atoms with van der Waals surface area (Å²) in [6.45, 7) is 23.1. The molecule has 32 heavy (non-hydrogen) atoms. The molecule has 0 spiro atoms. The van der Waals surface area contributed by atoms with Gasteiger partial charge in [0.05, 0.1) is 30.9 Å². The summed E-state index contributed by atoms with van der Waals surface area (Å²) in [4.78, 5) is 29.8. The number of esters is 1. The summed E-state index contributed by atoms with van der Waals surface area (Å²) in [7, 11) is 0. The number of rotatable bonds is 12. The third-order valence-corrected chi connectivity index (χ3v) is 5.87. The molecule has 6 heteroatoms. The molecule has 0 unspecified atom stereocenters. The maximum Gasteiger partial charge on any atom is 0.333 e. The Morgan fingerprint density at radius 1 is 1.16 bits per heavy atom. The zero-order chi connectivity index (χ0) is 24.5. The minimum atomic E-state index is -0.431. The van der Waals surface area contributed by atoms with Crippen molar-refractivity contribution in [2.45, 2.75) is 97.6 Å². The number of carbonyl (C=O) groups is 2. The molecule has 0 radical (unpaired) electrons. The van der Waals surface area contributed by atoms with Gasteiger partial charge in [0.2, 0.25) is 5.91 Å². The van der Waals surface area contributed by atoms with Gasteiger partial charge in [-0.05, 0) is 46.6 Å². The standard InChI is InChI=1S/C26H44N2O4/c1-10-15-27(16-11-2)24-22(28(19(6)29)26(7,8)9)17-20(25(30)31-14-5)18-23(24)32-21(12-3)13-4/h10-11,18,21-24H,1-2,12-17H2,3-9H3/t22-,23+,24+/m0/s1. The largest absolute Gasteiger partial charge is 0.463 e. The molecule has 0 bridgehead atoms. The van der Waals surface area contributed by atoms with E-state index in [2.05, 4.69) is 31.9 Å². The maximum absolute atomic E-state index is 12.9. The van der Waals surface area contributed by atoms with Crippen molar-refractivity contribution < 1.29 is 19.1 Å². The Hall–Kier alpha value is -1.92. The lowest BCUT2D eigenvalue weighted by molar-refractivity contribution is -0.146. The molecule has 0 aromatic carbocycles. The number of ether oxygens (including phenoxy) is 2. The summed E-state index contributed by atoms with van der Waals surface area (Å²) in [6, 6.07) is -0.427. The number of hydrogen-bond acceptors (Lipinski definition) is 5. The van der Waals surface area contributed by atoms with E-state index in [4.69, 9.17) is 9.47 Å². The molecule has 0 heterocycles. The van der Waals surface area contributed by atoms with Gasteiger partial charge in [-0.2, -0.15) is 0 Å². The summed E-state index contributed by atoms with van der Waals surface area (Å²) < 4.78 is 11.9. The van der Waals surface area contributed by atoms with Crippen molar-refractivity contribution in [1.82, 2.24) is 9.80 Å². The molecule has 0 fully saturated rings. The average Bonchev–Trinajstić information content (AvgIpc) is 2.70. The fourth-order valence-corrected chi connectivity index (χ4v) is 4.68. The first-order valence-electron chi connectivity index (χ1n) is 11.8. The summed E-state index contributed by atoms with van der Waals surface area (Å²) in [6.07, 6.45) is 7.45. The van der Waals surface area contributed by atoms with Crippen molar-refractivity contribution in [3.05, 3.63) is 37.0 Å². The van der Waals surface area contributed by atoms with Crippen molar-refractivity contribution in [2.24, 2.45) is 0 Å². The lowest BCUT2D eigenvalue weighted by atomic mass is 9.83. The molecular weight excluding hydrogens is 404 g/mol. The van der Waals surface area contributed by atoms with Crippen LogP contribution in [0.5, 0.6) is 0 Å². The van der Waals surface area contributed by atoms with Crippen LogP contribution in [0.1, 0.15) is 67.7 Å². The number of amides is 1. The van der Waals surface area contributed by atoms with Crippen molar-refractivity contribution in [3.8, 4) is 0 Å². The van der Waals surface area contributed by atoms with E-state index in [0.29, 0.717) is 31.7 Å². The summed E-state index contributed by atoms with van der Waals surface area (Å²) >= 11 is 0. The predicted octanol–water partition coefficient (Wildman–Crippen LogP) is 4.51. The molecule has 0 saturated carbocycles. The van der Waals surface area contributed by atoms with Crippen LogP contribution in [0.25, 0.3) is 0 Å². The van der Waals surface area contributed by atoms with Gasteiger partial charge >= 0.3 is 5.97 Å². The average molecular weight is 449 g/mol. The molecule has 6 nitrogen and oxygen atoms in total. The van der Waals surface area contributed by atoms with E-state index in [1.165, 1.54) is 0 Å². The lowest BCUT2D eigenvalue weighted by Crippen LogP contribution is -2.64. The van der Waals surface area contributed by atoms with Gasteiger partial charge < -0.3 is 14.4 Å². The van der Waals surface area contributed by atoms with Gasteiger partial charge in [-0.3, -0.25) is 9.69 Å². The Balaban J connectivity index is 3.68.